The van der Waals surface area contributed by atoms with Gasteiger partial charge in [-0.15, -0.1) is 0 Å². The van der Waals surface area contributed by atoms with Crippen molar-refractivity contribution in [3.8, 4) is 11.6 Å². The van der Waals surface area contributed by atoms with Gasteiger partial charge in [0.2, 0.25) is 27.7 Å². The van der Waals surface area contributed by atoms with Crippen molar-refractivity contribution in [3.63, 3.8) is 0 Å². The van der Waals surface area contributed by atoms with E-state index in [9.17, 15) is 32.7 Å². The van der Waals surface area contributed by atoms with E-state index >= 15 is 0 Å². The molecule has 1 aromatic heterocycles. The Hall–Kier alpha value is -4.11. The highest BCUT2D eigenvalue weighted by molar-refractivity contribution is 7.91. The molecule has 14 nitrogen and oxygen atoms in total. The first-order valence-corrected chi connectivity index (χ1v) is 19.3. The molecule has 0 spiro atoms. The lowest BCUT2D eigenvalue weighted by Crippen LogP contribution is -2.59. The zero-order valence-corrected chi connectivity index (χ0v) is 30.3. The van der Waals surface area contributed by atoms with Crippen LogP contribution in [-0.4, -0.2) is 89.9 Å². The Morgan fingerprint density at radius 1 is 1.20 bits per heavy atom. The van der Waals surface area contributed by atoms with Crippen LogP contribution in [-0.2, 0) is 24.4 Å². The van der Waals surface area contributed by atoms with E-state index in [1.165, 1.54) is 18.2 Å². The molecule has 4 N–H and O–H groups in total. The topological polar surface area (TPSA) is 193 Å². The lowest BCUT2D eigenvalue weighted by molar-refractivity contribution is -0.142. The fourth-order valence-corrected chi connectivity index (χ4v) is 9.09. The first-order chi connectivity index (χ1) is 24.3. The zero-order valence-electron chi connectivity index (χ0n) is 28.8. The Kier molecular flexibility index (Phi) is 10.4. The summed E-state index contributed by atoms with van der Waals surface area (Å²) in [5.74, 6) is -2.16. The standard InChI is InChI=1S/C35H44ClN5O9S/c1-4-20-14-19(2)8-5-6-9-21-16-35(21,33(44)40-51(47,48)23-12-13-23)39-30(42)26-15-22(18-41(26)32(43)29(20)38-34(45)46)50-31-24-10-7-11-25(36)28(24)27(49-3)17-37-31/h6-7,9-11,17,19-23,26,29,38H,4-5,8,12-16,18H2,1-3H3,(H,39,42)(H,40,44)(H,45,46)/t19-,20-,21-,22-,26+,29+,35-/m1/s1. The molecule has 7 atom stereocenters. The van der Waals surface area contributed by atoms with Gasteiger partial charge in [-0.05, 0) is 62.5 Å². The molecule has 0 bridgehead atoms. The number of nitrogens with one attached hydrogen (secondary N) is 3. The second-order valence-electron chi connectivity index (χ2n) is 14.2. The Morgan fingerprint density at radius 2 is 1.96 bits per heavy atom. The van der Waals surface area contributed by atoms with Gasteiger partial charge >= 0.3 is 6.09 Å². The first kappa shape index (κ1) is 36.7. The maximum Gasteiger partial charge on any atom is 0.405 e. The Balaban J connectivity index is 1.36. The van der Waals surface area contributed by atoms with Crippen molar-refractivity contribution in [2.75, 3.05) is 13.7 Å². The zero-order chi connectivity index (χ0) is 36.7. The third-order valence-electron chi connectivity index (χ3n) is 10.5. The molecule has 2 aliphatic carbocycles. The van der Waals surface area contributed by atoms with Gasteiger partial charge in [0.25, 0.3) is 5.91 Å². The molecule has 0 radical (unpaired) electrons. The fraction of sp³-hybridized carbons (Fsp3) is 0.571. The van der Waals surface area contributed by atoms with Crippen molar-refractivity contribution in [1.82, 2.24) is 25.2 Å². The molecule has 4 amide bonds. The van der Waals surface area contributed by atoms with Crippen LogP contribution >= 0.6 is 11.6 Å². The van der Waals surface area contributed by atoms with Crippen LogP contribution in [0.2, 0.25) is 5.02 Å². The fourth-order valence-electron chi connectivity index (χ4n) is 7.46. The summed E-state index contributed by atoms with van der Waals surface area (Å²) in [5.41, 5.74) is -1.54. The molecule has 2 aromatic rings. The van der Waals surface area contributed by atoms with Crippen molar-refractivity contribution in [2.24, 2.45) is 17.8 Å². The van der Waals surface area contributed by atoms with Gasteiger partial charge in [-0.1, -0.05) is 50.1 Å². The van der Waals surface area contributed by atoms with Gasteiger partial charge in [0.15, 0.2) is 0 Å². The number of carbonyl (C=O) groups excluding carboxylic acids is 3. The van der Waals surface area contributed by atoms with Crippen molar-refractivity contribution < 1.29 is 42.2 Å². The summed E-state index contributed by atoms with van der Waals surface area (Å²) in [5, 5.41) is 16.0. The van der Waals surface area contributed by atoms with Gasteiger partial charge in [0, 0.05) is 23.1 Å². The van der Waals surface area contributed by atoms with Gasteiger partial charge in [0.05, 0.1) is 30.1 Å². The van der Waals surface area contributed by atoms with Crippen molar-refractivity contribution in [1.29, 1.82) is 0 Å². The highest BCUT2D eigenvalue weighted by atomic mass is 35.5. The van der Waals surface area contributed by atoms with Crippen LogP contribution < -0.4 is 24.8 Å². The number of methoxy groups -OCH3 is 1. The van der Waals surface area contributed by atoms with Gasteiger partial charge in [-0.25, -0.2) is 18.2 Å². The van der Waals surface area contributed by atoms with E-state index in [0.717, 1.165) is 6.42 Å². The Bertz CT molecular complexity index is 1850. The first-order valence-electron chi connectivity index (χ1n) is 17.4. The van der Waals surface area contributed by atoms with Crippen LogP contribution in [0.5, 0.6) is 11.6 Å². The summed E-state index contributed by atoms with van der Waals surface area (Å²) in [6.07, 6.45) is 6.64. The number of carbonyl (C=O) groups is 4. The summed E-state index contributed by atoms with van der Waals surface area (Å²) >= 11 is 6.51. The highest BCUT2D eigenvalue weighted by Gasteiger charge is 2.62. The van der Waals surface area contributed by atoms with Crippen molar-refractivity contribution in [2.45, 2.75) is 94.2 Å². The minimum absolute atomic E-state index is 0.0150. The summed E-state index contributed by atoms with van der Waals surface area (Å²) in [6.45, 7) is 3.85. The number of benzene rings is 1. The van der Waals surface area contributed by atoms with Crippen molar-refractivity contribution in [3.05, 3.63) is 41.6 Å². The molecule has 1 saturated heterocycles. The number of carboxylic acid groups (broad SMARTS) is 1. The number of hydrogen-bond acceptors (Lipinski definition) is 9. The summed E-state index contributed by atoms with van der Waals surface area (Å²) in [4.78, 5) is 60.3. The van der Waals surface area contributed by atoms with Gasteiger partial charge in [-0.2, -0.15) is 0 Å². The second-order valence-corrected chi connectivity index (χ2v) is 16.5. The average Bonchev–Trinajstić information content (AvgIpc) is 4.01. The second kappa shape index (κ2) is 14.5. The lowest BCUT2D eigenvalue weighted by atomic mass is 9.85. The summed E-state index contributed by atoms with van der Waals surface area (Å²) in [6, 6.07) is 2.86. The van der Waals surface area contributed by atoms with Crippen LogP contribution in [0.25, 0.3) is 10.8 Å². The SMILES string of the molecule is CC[C@@H]1C[C@H](C)CCC=C[C@@H]2C[C@@]2(C(=O)NS(=O)(=O)C2CC2)NC(=O)[C@@H]2C[C@@H](Oc3ncc(OC)c4c(Cl)cccc34)CN2C(=O)[C@H]1NC(=O)O. The van der Waals surface area contributed by atoms with E-state index in [4.69, 9.17) is 21.1 Å². The molecule has 276 valence electrons. The Morgan fingerprint density at radius 3 is 2.65 bits per heavy atom. The van der Waals surface area contributed by atoms with E-state index < -0.39 is 68.7 Å². The lowest BCUT2D eigenvalue weighted by Gasteiger charge is -2.33. The number of halogens is 1. The van der Waals surface area contributed by atoms with Crippen LogP contribution in [0.3, 0.4) is 0 Å². The summed E-state index contributed by atoms with van der Waals surface area (Å²) in [7, 11) is -2.42. The normalized spacial score (nSPS) is 29.9. The van der Waals surface area contributed by atoms with Gasteiger partial charge < -0.3 is 30.1 Å². The molecule has 3 fully saturated rings. The number of aromatic nitrogens is 1. The van der Waals surface area contributed by atoms with Crippen LogP contribution in [0.4, 0.5) is 4.79 Å². The number of allylic oxidation sites excluding steroid dienone is 1. The molecular formula is C35H44ClN5O9S. The predicted octanol–water partition coefficient (Wildman–Crippen LogP) is 3.77. The molecule has 1 aromatic carbocycles. The van der Waals surface area contributed by atoms with Crippen LogP contribution in [0.1, 0.15) is 65.2 Å². The number of pyridine rings is 1. The van der Waals surface area contributed by atoms with E-state index in [-0.39, 0.29) is 37.1 Å². The molecule has 0 unspecified atom stereocenters. The van der Waals surface area contributed by atoms with E-state index in [2.05, 4.69) is 20.3 Å². The number of nitrogens with zero attached hydrogens (tertiary/aromatic N) is 2. The quantitative estimate of drug-likeness (QED) is 0.289. The molecule has 51 heavy (non-hydrogen) atoms. The van der Waals surface area contributed by atoms with E-state index in [1.54, 1.807) is 18.2 Å². The smallest absolute Gasteiger partial charge is 0.405 e. The maximum absolute atomic E-state index is 14.5. The predicted molar refractivity (Wildman–Crippen MR) is 188 cm³/mol. The number of amides is 4. The highest BCUT2D eigenvalue weighted by Crippen LogP contribution is 2.46. The molecule has 4 aliphatic rings. The van der Waals surface area contributed by atoms with E-state index in [0.29, 0.717) is 53.6 Å². The molecule has 2 aliphatic heterocycles. The number of rotatable bonds is 8. The molecule has 2 saturated carbocycles. The van der Waals surface area contributed by atoms with Gasteiger partial charge in [-0.3, -0.25) is 19.1 Å². The van der Waals surface area contributed by atoms with Gasteiger partial charge in [0.1, 0.15) is 29.5 Å². The summed E-state index contributed by atoms with van der Waals surface area (Å²) < 4.78 is 39.6. The molecular weight excluding hydrogens is 702 g/mol. The number of fused-ring (bicyclic) bond motifs is 3. The minimum atomic E-state index is -3.91. The van der Waals surface area contributed by atoms with Crippen molar-refractivity contribution >= 4 is 56.2 Å². The molecule has 3 heterocycles. The third kappa shape index (κ3) is 7.59. The molecule has 6 rings (SSSR count). The number of hydrogen-bond donors (Lipinski definition) is 4. The van der Waals surface area contributed by atoms with Crippen LogP contribution in [0.15, 0.2) is 36.5 Å². The Labute approximate surface area is 301 Å². The number of ether oxygens (including phenoxy) is 2. The van der Waals surface area contributed by atoms with E-state index in [1.807, 2.05) is 26.0 Å². The minimum Gasteiger partial charge on any atom is -0.494 e. The monoisotopic (exact) mass is 745 g/mol. The average molecular weight is 746 g/mol. The number of sulfonamides is 1. The largest absolute Gasteiger partial charge is 0.494 e. The third-order valence-corrected chi connectivity index (χ3v) is 12.7. The van der Waals surface area contributed by atoms with Crippen LogP contribution in [0, 0.1) is 17.8 Å². The molecule has 16 heteroatoms. The maximum atomic E-state index is 14.5.